The Hall–Kier alpha value is -0.520. The Morgan fingerprint density at radius 3 is 2.81 bits per heavy atom. The molecule has 0 radical (unpaired) electrons. The van der Waals surface area contributed by atoms with E-state index in [0.717, 1.165) is 44.5 Å². The van der Waals surface area contributed by atoms with Gasteiger partial charge in [0.25, 0.3) is 0 Å². The van der Waals surface area contributed by atoms with E-state index in [4.69, 9.17) is 9.73 Å². The van der Waals surface area contributed by atoms with Gasteiger partial charge in [-0.25, -0.2) is 0 Å². The molecule has 2 fully saturated rings. The van der Waals surface area contributed by atoms with Crippen LogP contribution in [0.25, 0.3) is 0 Å². The van der Waals surface area contributed by atoms with Crippen molar-refractivity contribution >= 4 is 17.6 Å². The van der Waals surface area contributed by atoms with E-state index in [0.29, 0.717) is 6.04 Å². The maximum absolute atomic E-state index is 5.46. The highest BCUT2D eigenvalue weighted by molar-refractivity contribution is 8.03. The van der Waals surface area contributed by atoms with Crippen molar-refractivity contribution in [2.75, 3.05) is 45.1 Å². The maximum Gasteiger partial charge on any atom is 0.101 e. The molecule has 0 aromatic carbocycles. The fourth-order valence-corrected chi connectivity index (χ4v) is 4.62. The lowest BCUT2D eigenvalue weighted by Crippen LogP contribution is -2.40. The first-order valence-corrected chi connectivity index (χ1v) is 9.15. The first-order valence-electron chi connectivity index (χ1n) is 8.17. The summed E-state index contributed by atoms with van der Waals surface area (Å²) in [5.41, 5.74) is 1.56. The van der Waals surface area contributed by atoms with Gasteiger partial charge in [-0.05, 0) is 31.9 Å². The molecule has 0 aromatic rings. The normalized spacial score (nSPS) is 30.6. The van der Waals surface area contributed by atoms with Crippen LogP contribution in [0.3, 0.4) is 0 Å². The second-order valence-electron chi connectivity index (χ2n) is 6.19. The average Bonchev–Trinajstić information content (AvgIpc) is 2.89. The van der Waals surface area contributed by atoms with Gasteiger partial charge in [-0.3, -0.25) is 9.89 Å². The number of fused-ring (bicyclic) bond motifs is 1. The van der Waals surface area contributed by atoms with Gasteiger partial charge in [0, 0.05) is 36.8 Å². The zero-order valence-electron chi connectivity index (χ0n) is 13.5. The topological polar surface area (TPSA) is 28.1 Å². The molecule has 0 aromatic heterocycles. The third kappa shape index (κ3) is 3.30. The fraction of sp³-hybridized carbons (Fsp3) is 0.812. The van der Waals surface area contributed by atoms with Gasteiger partial charge >= 0.3 is 0 Å². The van der Waals surface area contributed by atoms with Crippen LogP contribution in [0.4, 0.5) is 0 Å². The van der Waals surface area contributed by atoms with E-state index in [1.54, 1.807) is 5.70 Å². The van der Waals surface area contributed by atoms with Crippen LogP contribution >= 0.6 is 11.8 Å². The van der Waals surface area contributed by atoms with Crippen molar-refractivity contribution in [1.29, 1.82) is 0 Å². The van der Waals surface area contributed by atoms with E-state index in [-0.39, 0.29) is 0 Å². The lowest BCUT2D eigenvalue weighted by Gasteiger charge is -2.30. The molecule has 3 rings (SSSR count). The molecule has 118 valence electrons. The molecule has 2 atom stereocenters. The molecule has 0 aliphatic carbocycles. The SMILES string of the molecule is CCSC1=C2C[C@@H](CN3CCOCC3)CN2C(C)=NC1C. The van der Waals surface area contributed by atoms with Crippen molar-refractivity contribution in [3.05, 3.63) is 10.6 Å². The maximum atomic E-state index is 5.46. The summed E-state index contributed by atoms with van der Waals surface area (Å²) in [7, 11) is 0. The Morgan fingerprint density at radius 2 is 2.10 bits per heavy atom. The number of thioether (sulfide) groups is 1. The molecule has 1 unspecified atom stereocenters. The molecular weight excluding hydrogens is 282 g/mol. The Labute approximate surface area is 132 Å². The fourth-order valence-electron chi connectivity index (χ4n) is 3.66. The van der Waals surface area contributed by atoms with E-state index in [9.17, 15) is 0 Å². The van der Waals surface area contributed by atoms with Gasteiger partial charge < -0.3 is 9.64 Å². The molecule has 5 heteroatoms. The molecule has 0 bridgehead atoms. The molecule has 0 spiro atoms. The minimum atomic E-state index is 0.350. The largest absolute Gasteiger partial charge is 0.379 e. The van der Waals surface area contributed by atoms with Crippen LogP contribution in [0.1, 0.15) is 27.2 Å². The third-order valence-electron chi connectivity index (χ3n) is 4.60. The predicted molar refractivity (Wildman–Crippen MR) is 89.8 cm³/mol. The Balaban J connectivity index is 1.70. The predicted octanol–water partition coefficient (Wildman–Crippen LogP) is 2.43. The molecule has 21 heavy (non-hydrogen) atoms. The highest BCUT2D eigenvalue weighted by atomic mass is 32.2. The number of nitrogens with zero attached hydrogens (tertiary/aromatic N) is 3. The summed E-state index contributed by atoms with van der Waals surface area (Å²) >= 11 is 1.98. The van der Waals surface area contributed by atoms with Crippen molar-refractivity contribution in [3.63, 3.8) is 0 Å². The van der Waals surface area contributed by atoms with Gasteiger partial charge in [-0.15, -0.1) is 11.8 Å². The number of ether oxygens (including phenoxy) is 1. The van der Waals surface area contributed by atoms with E-state index >= 15 is 0 Å². The van der Waals surface area contributed by atoms with Crippen molar-refractivity contribution < 1.29 is 4.74 Å². The number of amidine groups is 1. The summed E-state index contributed by atoms with van der Waals surface area (Å²) in [6.07, 6.45) is 1.22. The zero-order chi connectivity index (χ0) is 14.8. The van der Waals surface area contributed by atoms with Crippen LogP contribution in [-0.2, 0) is 4.74 Å². The number of aliphatic imine (C=N–C) groups is 1. The third-order valence-corrected chi connectivity index (χ3v) is 5.78. The minimum Gasteiger partial charge on any atom is -0.379 e. The van der Waals surface area contributed by atoms with Crippen molar-refractivity contribution in [1.82, 2.24) is 9.80 Å². The van der Waals surface area contributed by atoms with Gasteiger partial charge in [0.05, 0.1) is 19.3 Å². The Bertz CT molecular complexity index is 443. The number of allylic oxidation sites excluding steroid dienone is 1. The Kier molecular flexibility index (Phi) is 4.92. The molecule has 0 saturated carbocycles. The van der Waals surface area contributed by atoms with E-state index in [1.807, 2.05) is 11.8 Å². The highest BCUT2D eigenvalue weighted by Gasteiger charge is 2.35. The van der Waals surface area contributed by atoms with E-state index < -0.39 is 0 Å². The molecule has 3 aliphatic heterocycles. The summed E-state index contributed by atoms with van der Waals surface area (Å²) in [5.74, 6) is 3.09. The molecule has 3 aliphatic rings. The van der Waals surface area contributed by atoms with Crippen molar-refractivity contribution in [3.8, 4) is 0 Å². The van der Waals surface area contributed by atoms with Gasteiger partial charge in [0.2, 0.25) is 0 Å². The summed E-state index contributed by atoms with van der Waals surface area (Å²) in [4.78, 5) is 11.4. The number of morpholine rings is 1. The average molecular weight is 309 g/mol. The highest BCUT2D eigenvalue weighted by Crippen LogP contribution is 2.39. The van der Waals surface area contributed by atoms with Crippen LogP contribution in [0.5, 0.6) is 0 Å². The van der Waals surface area contributed by atoms with Gasteiger partial charge in [-0.1, -0.05) is 6.92 Å². The zero-order valence-corrected chi connectivity index (χ0v) is 14.3. The van der Waals surface area contributed by atoms with Crippen LogP contribution in [0.2, 0.25) is 0 Å². The molecule has 2 saturated heterocycles. The van der Waals surface area contributed by atoms with E-state index in [1.165, 1.54) is 23.7 Å². The second kappa shape index (κ2) is 6.71. The summed E-state index contributed by atoms with van der Waals surface area (Å²) in [6.45, 7) is 13.0. The van der Waals surface area contributed by atoms with Crippen LogP contribution in [0, 0.1) is 5.92 Å². The van der Waals surface area contributed by atoms with Gasteiger partial charge in [0.15, 0.2) is 0 Å². The summed E-state index contributed by atoms with van der Waals surface area (Å²) in [6, 6.07) is 0.350. The van der Waals surface area contributed by atoms with E-state index in [2.05, 4.69) is 30.6 Å². The molecule has 3 heterocycles. The standard InChI is InChI=1S/C16H27N3OS/c1-4-21-16-12(2)17-13(3)19-11-14(9-15(16)19)10-18-5-7-20-8-6-18/h12,14H,4-11H2,1-3H3/t12?,14-/m0/s1. The lowest BCUT2D eigenvalue weighted by atomic mass is 10.1. The first kappa shape index (κ1) is 15.4. The number of rotatable bonds is 4. The second-order valence-corrected chi connectivity index (χ2v) is 7.50. The smallest absolute Gasteiger partial charge is 0.101 e. The lowest BCUT2D eigenvalue weighted by molar-refractivity contribution is 0.0316. The monoisotopic (exact) mass is 309 g/mol. The van der Waals surface area contributed by atoms with Crippen molar-refractivity contribution in [2.24, 2.45) is 10.9 Å². The van der Waals surface area contributed by atoms with Crippen molar-refractivity contribution in [2.45, 2.75) is 33.2 Å². The minimum absolute atomic E-state index is 0.350. The molecule has 0 N–H and O–H groups in total. The van der Waals surface area contributed by atoms with Crippen LogP contribution < -0.4 is 0 Å². The molecule has 0 amide bonds. The quantitative estimate of drug-likeness (QED) is 0.797. The number of hydrogen-bond donors (Lipinski definition) is 0. The van der Waals surface area contributed by atoms with Crippen LogP contribution in [0.15, 0.2) is 15.6 Å². The molecule has 4 nitrogen and oxygen atoms in total. The summed E-state index contributed by atoms with van der Waals surface area (Å²) < 4.78 is 5.46. The molecular formula is C16H27N3OS. The summed E-state index contributed by atoms with van der Waals surface area (Å²) in [5, 5.41) is 0. The first-order chi connectivity index (χ1) is 10.2. The number of hydrogen-bond acceptors (Lipinski definition) is 5. The Morgan fingerprint density at radius 1 is 1.33 bits per heavy atom. The van der Waals surface area contributed by atoms with Gasteiger partial charge in [0.1, 0.15) is 5.84 Å². The van der Waals surface area contributed by atoms with Gasteiger partial charge in [-0.2, -0.15) is 0 Å². The van der Waals surface area contributed by atoms with Crippen LogP contribution in [-0.4, -0.2) is 66.8 Å².